The number of carboxylic acids is 1. The Bertz CT molecular complexity index is 1000. The molecule has 2 unspecified atom stereocenters. The third-order valence-electron chi connectivity index (χ3n) is 6.42. The Labute approximate surface area is 237 Å². The zero-order valence-corrected chi connectivity index (χ0v) is 25.2. The van der Waals surface area contributed by atoms with E-state index in [1.54, 1.807) is 13.0 Å². The second-order valence-electron chi connectivity index (χ2n) is 11.7. The molecular weight excluding hydrogens is 518 g/mol. The number of ether oxygens (including phenoxy) is 4. The highest BCUT2D eigenvalue weighted by Gasteiger charge is 2.37. The predicted octanol–water partition coefficient (Wildman–Crippen LogP) is 5.67. The van der Waals surface area contributed by atoms with Crippen molar-refractivity contribution in [3.05, 3.63) is 23.8 Å². The van der Waals surface area contributed by atoms with Gasteiger partial charge in [-0.05, 0) is 62.1 Å². The van der Waals surface area contributed by atoms with Gasteiger partial charge in [-0.2, -0.15) is 0 Å². The first-order valence-corrected chi connectivity index (χ1v) is 14.0. The van der Waals surface area contributed by atoms with Crippen molar-refractivity contribution < 1.29 is 43.2 Å². The van der Waals surface area contributed by atoms with Crippen LogP contribution in [0.1, 0.15) is 93.1 Å². The molecule has 10 heteroatoms. The maximum absolute atomic E-state index is 12.5. The van der Waals surface area contributed by atoms with Crippen molar-refractivity contribution in [2.24, 2.45) is 23.5 Å². The largest absolute Gasteiger partial charge is 0.508 e. The SMILES string of the molecule is CC(C)CCC(=O)Oc1ccc(CC(N)(C[C@H](C)OC(=O)OC(C)C(C)C)C(=O)O)cc1OC(=O)CCC(C)C. The summed E-state index contributed by atoms with van der Waals surface area (Å²) >= 11 is 0. The van der Waals surface area contributed by atoms with E-state index >= 15 is 0 Å². The highest BCUT2D eigenvalue weighted by atomic mass is 16.7. The lowest BCUT2D eigenvalue weighted by atomic mass is 9.86. The van der Waals surface area contributed by atoms with Crippen molar-refractivity contribution in [1.82, 2.24) is 0 Å². The third-order valence-corrected chi connectivity index (χ3v) is 6.42. The van der Waals surface area contributed by atoms with Crippen LogP contribution in [0.5, 0.6) is 11.5 Å². The van der Waals surface area contributed by atoms with Gasteiger partial charge >= 0.3 is 24.1 Å². The summed E-state index contributed by atoms with van der Waals surface area (Å²) in [7, 11) is 0. The van der Waals surface area contributed by atoms with Crippen molar-refractivity contribution in [3.8, 4) is 11.5 Å². The van der Waals surface area contributed by atoms with Gasteiger partial charge in [-0.3, -0.25) is 14.4 Å². The van der Waals surface area contributed by atoms with E-state index in [9.17, 15) is 24.3 Å². The molecule has 0 radical (unpaired) electrons. The molecule has 40 heavy (non-hydrogen) atoms. The summed E-state index contributed by atoms with van der Waals surface area (Å²) in [4.78, 5) is 49.2. The van der Waals surface area contributed by atoms with Crippen molar-refractivity contribution in [3.63, 3.8) is 0 Å². The number of nitrogens with two attached hydrogens (primary N) is 1. The summed E-state index contributed by atoms with van der Waals surface area (Å²) in [5.41, 5.74) is 4.90. The van der Waals surface area contributed by atoms with Crippen LogP contribution >= 0.6 is 0 Å². The molecule has 0 aliphatic carbocycles. The van der Waals surface area contributed by atoms with E-state index in [2.05, 4.69) is 0 Å². The number of carboxylic acid groups (broad SMARTS) is 1. The molecule has 0 spiro atoms. The van der Waals surface area contributed by atoms with Crippen LogP contribution in [0.25, 0.3) is 0 Å². The van der Waals surface area contributed by atoms with Crippen molar-refractivity contribution in [2.75, 3.05) is 0 Å². The second-order valence-corrected chi connectivity index (χ2v) is 11.7. The minimum Gasteiger partial charge on any atom is -0.480 e. The lowest BCUT2D eigenvalue weighted by Crippen LogP contribution is -2.52. The predicted molar refractivity (Wildman–Crippen MR) is 150 cm³/mol. The second kappa shape index (κ2) is 16.2. The number of rotatable bonds is 16. The van der Waals surface area contributed by atoms with Gasteiger partial charge in [-0.25, -0.2) is 4.79 Å². The molecule has 0 saturated carbocycles. The van der Waals surface area contributed by atoms with E-state index in [-0.39, 0.29) is 55.1 Å². The fourth-order valence-corrected chi connectivity index (χ4v) is 3.62. The molecule has 226 valence electrons. The third kappa shape index (κ3) is 12.8. The molecule has 3 atom stereocenters. The molecule has 0 bridgehead atoms. The molecule has 0 aliphatic rings. The molecule has 0 amide bonds. The van der Waals surface area contributed by atoms with Crippen LogP contribution in [0.15, 0.2) is 18.2 Å². The van der Waals surface area contributed by atoms with Crippen molar-refractivity contribution in [2.45, 2.75) is 112 Å². The highest BCUT2D eigenvalue weighted by Crippen LogP contribution is 2.32. The van der Waals surface area contributed by atoms with E-state index in [4.69, 9.17) is 24.7 Å². The van der Waals surface area contributed by atoms with Crippen LogP contribution < -0.4 is 15.2 Å². The number of esters is 2. The summed E-state index contributed by atoms with van der Waals surface area (Å²) in [6.45, 7) is 15.0. The van der Waals surface area contributed by atoms with Crippen LogP contribution in [-0.2, 0) is 30.3 Å². The number of aliphatic carboxylic acids is 1. The van der Waals surface area contributed by atoms with Crippen LogP contribution in [0.3, 0.4) is 0 Å². The first-order chi connectivity index (χ1) is 18.5. The highest BCUT2D eigenvalue weighted by molar-refractivity contribution is 5.79. The molecule has 1 rings (SSSR count). The van der Waals surface area contributed by atoms with Gasteiger partial charge in [-0.15, -0.1) is 0 Å². The average Bonchev–Trinajstić information content (AvgIpc) is 2.82. The molecule has 0 aromatic heterocycles. The van der Waals surface area contributed by atoms with Crippen LogP contribution in [0, 0.1) is 17.8 Å². The Hall–Kier alpha value is -3.14. The Morgan fingerprint density at radius 2 is 1.35 bits per heavy atom. The lowest BCUT2D eigenvalue weighted by Gasteiger charge is -2.28. The summed E-state index contributed by atoms with van der Waals surface area (Å²) in [5.74, 6) is -1.52. The summed E-state index contributed by atoms with van der Waals surface area (Å²) in [6, 6.07) is 4.47. The molecule has 1 aromatic rings. The normalized spacial score (nSPS) is 14.4. The van der Waals surface area contributed by atoms with E-state index < -0.39 is 35.7 Å². The zero-order valence-electron chi connectivity index (χ0n) is 25.2. The Morgan fingerprint density at radius 3 is 1.82 bits per heavy atom. The number of hydrogen-bond acceptors (Lipinski definition) is 9. The molecule has 10 nitrogen and oxygen atoms in total. The van der Waals surface area contributed by atoms with Gasteiger partial charge in [0.15, 0.2) is 11.5 Å². The Kier molecular flexibility index (Phi) is 14.1. The van der Waals surface area contributed by atoms with Gasteiger partial charge in [0.2, 0.25) is 0 Å². The average molecular weight is 566 g/mol. The van der Waals surface area contributed by atoms with Gasteiger partial charge < -0.3 is 29.8 Å². The Balaban J connectivity index is 3.13. The summed E-state index contributed by atoms with van der Waals surface area (Å²) in [6.07, 6.45) is -0.901. The Morgan fingerprint density at radius 1 is 0.825 bits per heavy atom. The molecule has 0 saturated heterocycles. The van der Waals surface area contributed by atoms with Crippen LogP contribution in [0.2, 0.25) is 0 Å². The minimum atomic E-state index is -1.82. The molecule has 1 aromatic carbocycles. The number of carbonyl (C=O) groups is 4. The molecule has 0 heterocycles. The quantitative estimate of drug-likeness (QED) is 0.189. The maximum Gasteiger partial charge on any atom is 0.508 e. The van der Waals surface area contributed by atoms with Crippen molar-refractivity contribution >= 4 is 24.1 Å². The first-order valence-electron chi connectivity index (χ1n) is 14.0. The monoisotopic (exact) mass is 565 g/mol. The first kappa shape index (κ1) is 34.9. The number of hydrogen-bond donors (Lipinski definition) is 2. The topological polar surface area (TPSA) is 151 Å². The summed E-state index contributed by atoms with van der Waals surface area (Å²) in [5, 5.41) is 9.96. The van der Waals surface area contributed by atoms with E-state index in [0.29, 0.717) is 24.3 Å². The fourth-order valence-electron chi connectivity index (χ4n) is 3.62. The van der Waals surface area contributed by atoms with E-state index in [1.165, 1.54) is 19.1 Å². The van der Waals surface area contributed by atoms with E-state index in [1.807, 2.05) is 41.5 Å². The van der Waals surface area contributed by atoms with Crippen LogP contribution in [-0.4, -0.2) is 46.9 Å². The molecule has 3 N–H and O–H groups in total. The molecule has 0 aliphatic heterocycles. The van der Waals surface area contributed by atoms with Gasteiger partial charge in [0.05, 0.1) is 0 Å². The standard InChI is InChI=1S/C30H47NO9/c1-18(2)9-13-26(32)39-24-12-11-23(15-25(24)40-27(33)14-10-19(3)4)17-30(31,28(34)35)16-21(7)37-29(36)38-22(8)20(5)6/h11-12,15,18-22H,9-10,13-14,16-17,31H2,1-8H3,(H,34,35)/t21-,22?,30?/m0/s1. The van der Waals surface area contributed by atoms with E-state index in [0.717, 1.165) is 0 Å². The minimum absolute atomic E-state index is 0.00689. The summed E-state index contributed by atoms with van der Waals surface area (Å²) < 4.78 is 21.5. The number of benzene rings is 1. The molecule has 0 fully saturated rings. The fraction of sp³-hybridized carbons (Fsp3) is 0.667. The van der Waals surface area contributed by atoms with Crippen LogP contribution in [0.4, 0.5) is 4.79 Å². The van der Waals surface area contributed by atoms with Gasteiger partial charge in [0.25, 0.3) is 0 Å². The van der Waals surface area contributed by atoms with Gasteiger partial charge in [-0.1, -0.05) is 47.6 Å². The molecular formula is C30H47NO9. The van der Waals surface area contributed by atoms with Gasteiger partial charge in [0, 0.05) is 25.7 Å². The van der Waals surface area contributed by atoms with Crippen molar-refractivity contribution in [1.29, 1.82) is 0 Å². The zero-order chi connectivity index (χ0) is 30.6. The maximum atomic E-state index is 12.5. The smallest absolute Gasteiger partial charge is 0.480 e. The van der Waals surface area contributed by atoms with Gasteiger partial charge in [0.1, 0.15) is 17.7 Å². The lowest BCUT2D eigenvalue weighted by molar-refractivity contribution is -0.145. The number of carbonyl (C=O) groups excluding carboxylic acids is 3.